The lowest BCUT2D eigenvalue weighted by atomic mass is 9.97. The van der Waals surface area contributed by atoms with Gasteiger partial charge in [-0.15, -0.1) is 0 Å². The Morgan fingerprint density at radius 2 is 0.690 bits per heavy atom. The highest BCUT2D eigenvalue weighted by atomic mass is 16.7. The zero-order chi connectivity index (χ0) is 72.2. The smallest absolute Gasteiger partial charge is 0.220 e. The van der Waals surface area contributed by atoms with Crippen LogP contribution < -0.4 is 5.32 Å². The van der Waals surface area contributed by atoms with Gasteiger partial charge in [0.05, 0.1) is 32.0 Å². The Hall–Kier alpha value is -2.31. The van der Waals surface area contributed by atoms with E-state index in [1.165, 1.54) is 276 Å². The Labute approximate surface area is 613 Å². The van der Waals surface area contributed by atoms with E-state index in [4.69, 9.17) is 18.9 Å². The van der Waals surface area contributed by atoms with E-state index >= 15 is 0 Å². The molecule has 2 saturated heterocycles. The third kappa shape index (κ3) is 51.8. The van der Waals surface area contributed by atoms with Crippen molar-refractivity contribution in [2.45, 2.75) is 460 Å². The van der Waals surface area contributed by atoms with Gasteiger partial charge in [0.25, 0.3) is 0 Å². The third-order valence-electron chi connectivity index (χ3n) is 20.7. The van der Waals surface area contributed by atoms with Crippen LogP contribution in [0.3, 0.4) is 0 Å². The first-order valence-electron chi connectivity index (χ1n) is 42.5. The molecule has 2 aliphatic rings. The van der Waals surface area contributed by atoms with E-state index in [-0.39, 0.29) is 12.5 Å². The average molecular weight is 1420 g/mol. The minimum atomic E-state index is -1.78. The van der Waals surface area contributed by atoms with E-state index in [2.05, 4.69) is 79.9 Å². The van der Waals surface area contributed by atoms with Gasteiger partial charge in [0.1, 0.15) is 48.8 Å². The Kier molecular flexibility index (Phi) is 65.4. The van der Waals surface area contributed by atoms with Gasteiger partial charge in [-0.25, -0.2) is 0 Å². The first-order chi connectivity index (χ1) is 49.1. The molecule has 0 aromatic carbocycles. The Morgan fingerprint density at radius 3 is 1.06 bits per heavy atom. The molecular formula is C86H159NO13. The van der Waals surface area contributed by atoms with Crippen LogP contribution in [-0.2, 0) is 23.7 Å². The predicted octanol–water partition coefficient (Wildman–Crippen LogP) is 19.9. The molecular weight excluding hydrogens is 1250 g/mol. The van der Waals surface area contributed by atoms with Gasteiger partial charge in [-0.3, -0.25) is 4.79 Å². The van der Waals surface area contributed by atoms with Gasteiger partial charge in [-0.2, -0.15) is 0 Å². The van der Waals surface area contributed by atoms with Crippen molar-refractivity contribution in [2.24, 2.45) is 0 Å². The van der Waals surface area contributed by atoms with Crippen LogP contribution in [0.2, 0.25) is 0 Å². The molecule has 0 radical (unpaired) electrons. The van der Waals surface area contributed by atoms with Crippen LogP contribution in [0.4, 0.5) is 0 Å². The third-order valence-corrected chi connectivity index (χ3v) is 20.7. The normalized spacial score (nSPS) is 22.1. The second-order valence-corrected chi connectivity index (χ2v) is 29.9. The summed E-state index contributed by atoms with van der Waals surface area (Å²) in [5, 5.41) is 88.0. The molecule has 2 heterocycles. The lowest BCUT2D eigenvalue weighted by Crippen LogP contribution is -2.65. The number of aliphatic hydroxyl groups excluding tert-OH is 8. The molecule has 12 unspecified atom stereocenters. The molecule has 0 aliphatic carbocycles. The molecule has 2 aliphatic heterocycles. The van der Waals surface area contributed by atoms with E-state index in [0.29, 0.717) is 12.8 Å². The average Bonchev–Trinajstić information content (AvgIpc) is 0.796. The minimum absolute atomic E-state index is 0.198. The highest BCUT2D eigenvalue weighted by Gasteiger charge is 2.51. The fourth-order valence-electron chi connectivity index (χ4n) is 14.1. The van der Waals surface area contributed by atoms with Crippen LogP contribution in [0.1, 0.15) is 386 Å². The SMILES string of the molecule is CC/C=C\C/C=C\C/C=C\C/C=C\C/C=C\CCCCCCCCCCCCCCCCCCCCCCCCCC(=O)NC(COC1OC(CO)C(OC2OC(CO)C(O)C(O)C2O)C(O)C1O)C(O)CCCCCCCCCCCCCCCCCCCCCCCCCCCCC. The zero-order valence-corrected chi connectivity index (χ0v) is 64.5. The predicted molar refractivity (Wildman–Crippen MR) is 415 cm³/mol. The van der Waals surface area contributed by atoms with Crippen LogP contribution in [-0.4, -0.2) is 140 Å². The Balaban J connectivity index is 1.56. The van der Waals surface area contributed by atoms with Gasteiger partial charge in [0, 0.05) is 6.42 Å². The zero-order valence-electron chi connectivity index (χ0n) is 64.5. The summed E-state index contributed by atoms with van der Waals surface area (Å²) < 4.78 is 23.0. The maximum Gasteiger partial charge on any atom is 0.220 e. The summed E-state index contributed by atoms with van der Waals surface area (Å²) in [6.07, 6.45) is 78.5. The highest BCUT2D eigenvalue weighted by molar-refractivity contribution is 5.76. The number of rotatable bonds is 72. The number of hydrogen-bond donors (Lipinski definition) is 9. The molecule has 0 bridgehead atoms. The van der Waals surface area contributed by atoms with Crippen molar-refractivity contribution < 1.29 is 64.6 Å². The van der Waals surface area contributed by atoms with Gasteiger partial charge >= 0.3 is 0 Å². The number of ether oxygens (including phenoxy) is 4. The van der Waals surface area contributed by atoms with Crippen LogP contribution in [0.25, 0.3) is 0 Å². The van der Waals surface area contributed by atoms with Crippen molar-refractivity contribution in [3.63, 3.8) is 0 Å². The molecule has 586 valence electrons. The fraction of sp³-hybridized carbons (Fsp3) is 0.872. The topological polar surface area (TPSA) is 228 Å². The van der Waals surface area contributed by atoms with Gasteiger partial charge in [0.2, 0.25) is 5.91 Å². The van der Waals surface area contributed by atoms with E-state index in [1.54, 1.807) is 0 Å². The van der Waals surface area contributed by atoms with E-state index in [1.807, 2.05) is 0 Å². The summed E-state index contributed by atoms with van der Waals surface area (Å²) in [5.41, 5.74) is 0. The maximum absolute atomic E-state index is 13.4. The van der Waals surface area contributed by atoms with E-state index < -0.39 is 86.8 Å². The van der Waals surface area contributed by atoms with Gasteiger partial charge in [0.15, 0.2) is 12.6 Å². The second kappa shape index (κ2) is 69.7. The lowest BCUT2D eigenvalue weighted by molar-refractivity contribution is -0.359. The van der Waals surface area contributed by atoms with Gasteiger partial charge < -0.3 is 65.1 Å². The monoisotopic (exact) mass is 1410 g/mol. The largest absolute Gasteiger partial charge is 0.394 e. The molecule has 0 aromatic rings. The lowest BCUT2D eigenvalue weighted by Gasteiger charge is -2.46. The summed E-state index contributed by atoms with van der Waals surface area (Å²) >= 11 is 0. The molecule has 0 saturated carbocycles. The molecule has 9 N–H and O–H groups in total. The van der Waals surface area contributed by atoms with E-state index in [9.17, 15) is 45.6 Å². The molecule has 14 heteroatoms. The molecule has 0 aromatic heterocycles. The maximum atomic E-state index is 13.4. The quantitative estimate of drug-likeness (QED) is 0.0204. The summed E-state index contributed by atoms with van der Waals surface area (Å²) in [7, 11) is 0. The number of allylic oxidation sites excluding steroid dienone is 10. The molecule has 12 atom stereocenters. The summed E-state index contributed by atoms with van der Waals surface area (Å²) in [5.74, 6) is -0.198. The van der Waals surface area contributed by atoms with Crippen molar-refractivity contribution in [3.05, 3.63) is 60.8 Å². The second-order valence-electron chi connectivity index (χ2n) is 29.9. The first kappa shape index (κ1) is 93.8. The number of carbonyl (C=O) groups is 1. The Morgan fingerprint density at radius 1 is 0.370 bits per heavy atom. The molecule has 2 rings (SSSR count). The Bertz CT molecular complexity index is 1910. The van der Waals surface area contributed by atoms with Crippen LogP contribution in [0.5, 0.6) is 0 Å². The molecule has 14 nitrogen and oxygen atoms in total. The molecule has 100 heavy (non-hydrogen) atoms. The van der Waals surface area contributed by atoms with Gasteiger partial charge in [-0.1, -0.05) is 383 Å². The molecule has 1 amide bonds. The van der Waals surface area contributed by atoms with Crippen molar-refractivity contribution in [1.82, 2.24) is 5.32 Å². The van der Waals surface area contributed by atoms with E-state index in [0.717, 1.165) is 83.5 Å². The number of aliphatic hydroxyl groups is 8. The summed E-state index contributed by atoms with van der Waals surface area (Å²) in [6, 6.07) is -0.830. The number of amides is 1. The van der Waals surface area contributed by atoms with Crippen molar-refractivity contribution in [3.8, 4) is 0 Å². The van der Waals surface area contributed by atoms with Crippen LogP contribution >= 0.6 is 0 Å². The number of hydrogen-bond acceptors (Lipinski definition) is 13. The van der Waals surface area contributed by atoms with Crippen molar-refractivity contribution in [1.29, 1.82) is 0 Å². The summed E-state index contributed by atoms with van der Waals surface area (Å²) in [4.78, 5) is 13.4. The highest BCUT2D eigenvalue weighted by Crippen LogP contribution is 2.31. The molecule has 0 spiro atoms. The number of unbranched alkanes of at least 4 members (excludes halogenated alkanes) is 49. The molecule has 2 fully saturated rings. The van der Waals surface area contributed by atoms with Crippen LogP contribution in [0.15, 0.2) is 60.8 Å². The number of nitrogens with one attached hydrogen (secondary N) is 1. The minimum Gasteiger partial charge on any atom is -0.394 e. The van der Waals surface area contributed by atoms with Gasteiger partial charge in [-0.05, 0) is 57.8 Å². The van der Waals surface area contributed by atoms with Crippen LogP contribution in [0, 0.1) is 0 Å². The number of carbonyl (C=O) groups excluding carboxylic acids is 1. The summed E-state index contributed by atoms with van der Waals surface area (Å²) in [6.45, 7) is 2.81. The fourth-order valence-corrected chi connectivity index (χ4v) is 14.1. The van der Waals surface area contributed by atoms with Crippen molar-refractivity contribution >= 4 is 5.91 Å². The first-order valence-corrected chi connectivity index (χ1v) is 42.5. The van der Waals surface area contributed by atoms with Crippen molar-refractivity contribution in [2.75, 3.05) is 19.8 Å². The standard InChI is InChI=1S/C86H159NO13/c1-3-5-7-9-11-13-15-17-19-21-23-25-27-29-31-32-33-34-35-36-37-38-39-40-41-42-44-46-48-50-52-54-56-58-60-62-64-66-68-70-78(91)87-74(73-97-85-83(96)81(94)84(77(72-89)99-85)100-86-82(95)80(93)79(92)76(71-88)98-86)75(90)69-67-65-63-61-59-57-55-53-51-49-47-45-43-30-28-26-24-22-20-18-16-14-12-10-8-6-4-2/h5,7,11,13,17,19,23,25,29,31,74-77,79-86,88-90,92-96H,3-4,6,8-10,12,14-16,18,20-22,24,26-28,30,32-73H2,1-2H3,(H,87,91)/b7-5-,13-11-,19-17-,25-23-,31-29-.